The molecule has 0 saturated heterocycles. The fourth-order valence-electron chi connectivity index (χ4n) is 2.09. The number of hydrogen-bond donors (Lipinski definition) is 1. The van der Waals surface area contributed by atoms with Crippen molar-refractivity contribution in [1.82, 2.24) is 10.3 Å². The van der Waals surface area contributed by atoms with Gasteiger partial charge in [-0.25, -0.2) is 4.98 Å². The summed E-state index contributed by atoms with van der Waals surface area (Å²) in [5, 5.41) is 16.6. The maximum absolute atomic E-state index is 11.9. The zero-order valence-electron chi connectivity index (χ0n) is 14.0. The molecular formula is C17H21N3O3S. The number of hydrogen-bond acceptors (Lipinski definition) is 5. The lowest BCUT2D eigenvalue weighted by Crippen LogP contribution is -2.23. The smallest absolute Gasteiger partial charge is 0.269 e. The molecule has 1 aromatic heterocycles. The summed E-state index contributed by atoms with van der Waals surface area (Å²) in [5.74, 6) is -0.0909. The van der Waals surface area contributed by atoms with Crippen molar-refractivity contribution < 1.29 is 9.72 Å². The molecule has 128 valence electrons. The van der Waals surface area contributed by atoms with Crippen molar-refractivity contribution in [3.8, 4) is 0 Å². The highest BCUT2D eigenvalue weighted by Crippen LogP contribution is 2.25. The second-order valence-electron chi connectivity index (χ2n) is 6.60. The average Bonchev–Trinajstić information content (AvgIpc) is 3.00. The van der Waals surface area contributed by atoms with Gasteiger partial charge in [0.2, 0.25) is 5.91 Å². The van der Waals surface area contributed by atoms with E-state index in [1.807, 2.05) is 5.38 Å². The Hall–Kier alpha value is -2.28. The minimum Gasteiger partial charge on any atom is -0.350 e. The fourth-order valence-corrected chi connectivity index (χ4v) is 3.00. The van der Waals surface area contributed by atoms with Crippen LogP contribution in [0.3, 0.4) is 0 Å². The molecule has 0 atom stereocenters. The van der Waals surface area contributed by atoms with E-state index in [0.717, 1.165) is 16.3 Å². The molecular weight excluding hydrogens is 326 g/mol. The summed E-state index contributed by atoms with van der Waals surface area (Å²) in [6.45, 7) is 6.72. The third-order valence-electron chi connectivity index (χ3n) is 3.42. The van der Waals surface area contributed by atoms with Crippen molar-refractivity contribution in [1.29, 1.82) is 0 Å². The molecule has 0 unspecified atom stereocenters. The molecule has 0 fully saturated rings. The van der Waals surface area contributed by atoms with E-state index in [1.54, 1.807) is 23.5 Å². The molecule has 1 amide bonds. The SMILES string of the molecule is CC(C)(C)c1nc(CNC(=O)CCc2cccc([N+](=O)[O-])c2)cs1. The van der Waals surface area contributed by atoms with Gasteiger partial charge in [0.25, 0.3) is 5.69 Å². The van der Waals surface area contributed by atoms with Gasteiger partial charge in [0, 0.05) is 29.3 Å². The van der Waals surface area contributed by atoms with Crippen molar-refractivity contribution in [2.24, 2.45) is 0 Å². The van der Waals surface area contributed by atoms with Crippen LogP contribution in [0.5, 0.6) is 0 Å². The van der Waals surface area contributed by atoms with Crippen molar-refractivity contribution in [3.63, 3.8) is 0 Å². The minimum atomic E-state index is -0.432. The zero-order valence-corrected chi connectivity index (χ0v) is 14.9. The standard InChI is InChI=1S/C17H21N3O3S/c1-17(2,3)16-19-13(11-24-16)10-18-15(21)8-7-12-5-4-6-14(9-12)20(22)23/h4-6,9,11H,7-8,10H2,1-3H3,(H,18,21). The Morgan fingerprint density at radius 3 is 2.75 bits per heavy atom. The van der Waals surface area contributed by atoms with E-state index in [-0.39, 0.29) is 23.4 Å². The monoisotopic (exact) mass is 347 g/mol. The molecule has 0 aliphatic heterocycles. The van der Waals surface area contributed by atoms with E-state index < -0.39 is 4.92 Å². The molecule has 1 heterocycles. The fraction of sp³-hybridized carbons (Fsp3) is 0.412. The van der Waals surface area contributed by atoms with Crippen LogP contribution in [0.4, 0.5) is 5.69 Å². The van der Waals surface area contributed by atoms with E-state index in [0.29, 0.717) is 13.0 Å². The quantitative estimate of drug-likeness (QED) is 0.639. The summed E-state index contributed by atoms with van der Waals surface area (Å²) >= 11 is 1.60. The number of nitrogens with zero attached hydrogens (tertiary/aromatic N) is 2. The van der Waals surface area contributed by atoms with Gasteiger partial charge in [0.05, 0.1) is 22.2 Å². The molecule has 0 spiro atoms. The Morgan fingerprint density at radius 1 is 1.38 bits per heavy atom. The predicted molar refractivity (Wildman–Crippen MR) is 94.1 cm³/mol. The molecule has 6 nitrogen and oxygen atoms in total. The van der Waals surface area contributed by atoms with Gasteiger partial charge in [0.15, 0.2) is 0 Å². The summed E-state index contributed by atoms with van der Waals surface area (Å²) in [6.07, 6.45) is 0.759. The van der Waals surface area contributed by atoms with E-state index in [1.165, 1.54) is 12.1 Å². The highest BCUT2D eigenvalue weighted by molar-refractivity contribution is 7.09. The summed E-state index contributed by atoms with van der Waals surface area (Å²) in [6, 6.07) is 6.37. The lowest BCUT2D eigenvalue weighted by atomic mass is 9.98. The van der Waals surface area contributed by atoms with Crippen LogP contribution in [0.15, 0.2) is 29.6 Å². The molecule has 0 aliphatic rings. The first-order valence-electron chi connectivity index (χ1n) is 7.70. The number of carbonyl (C=O) groups excluding carboxylic acids is 1. The first-order valence-corrected chi connectivity index (χ1v) is 8.58. The van der Waals surface area contributed by atoms with Crippen LogP contribution in [0, 0.1) is 10.1 Å². The van der Waals surface area contributed by atoms with Gasteiger partial charge in [-0.05, 0) is 12.0 Å². The Bertz CT molecular complexity index is 735. The number of nitrogens with one attached hydrogen (secondary N) is 1. The van der Waals surface area contributed by atoms with E-state index >= 15 is 0 Å². The minimum absolute atomic E-state index is 0.00888. The third kappa shape index (κ3) is 5.13. The summed E-state index contributed by atoms with van der Waals surface area (Å²) in [5.41, 5.74) is 1.69. The normalized spacial score (nSPS) is 11.3. The van der Waals surface area contributed by atoms with Gasteiger partial charge >= 0.3 is 0 Å². The number of nitro benzene ring substituents is 1. The van der Waals surface area contributed by atoms with Crippen molar-refractivity contribution in [3.05, 3.63) is 56.0 Å². The molecule has 0 bridgehead atoms. The summed E-state index contributed by atoms with van der Waals surface area (Å²) < 4.78 is 0. The van der Waals surface area contributed by atoms with Crippen LogP contribution in [-0.4, -0.2) is 15.8 Å². The van der Waals surface area contributed by atoms with Crippen LogP contribution in [0.2, 0.25) is 0 Å². The number of aromatic nitrogens is 1. The zero-order chi connectivity index (χ0) is 17.7. The highest BCUT2D eigenvalue weighted by Gasteiger charge is 2.18. The van der Waals surface area contributed by atoms with Gasteiger partial charge in [-0.3, -0.25) is 14.9 Å². The maximum atomic E-state index is 11.9. The van der Waals surface area contributed by atoms with E-state index in [2.05, 4.69) is 31.1 Å². The van der Waals surface area contributed by atoms with Crippen LogP contribution in [0.25, 0.3) is 0 Å². The van der Waals surface area contributed by atoms with Gasteiger partial charge in [0.1, 0.15) is 0 Å². The molecule has 0 radical (unpaired) electrons. The molecule has 1 aromatic carbocycles. The maximum Gasteiger partial charge on any atom is 0.269 e. The lowest BCUT2D eigenvalue weighted by Gasteiger charge is -2.13. The lowest BCUT2D eigenvalue weighted by molar-refractivity contribution is -0.384. The van der Waals surface area contributed by atoms with Gasteiger partial charge in [-0.2, -0.15) is 0 Å². The average molecular weight is 347 g/mol. The highest BCUT2D eigenvalue weighted by atomic mass is 32.1. The largest absolute Gasteiger partial charge is 0.350 e. The predicted octanol–water partition coefficient (Wildman–Crippen LogP) is 3.60. The van der Waals surface area contributed by atoms with Gasteiger partial charge < -0.3 is 5.32 Å². The second-order valence-corrected chi connectivity index (χ2v) is 7.46. The molecule has 0 saturated carbocycles. The number of aryl methyl sites for hydroxylation is 1. The number of benzene rings is 1. The Kier molecular flexibility index (Phi) is 5.66. The Labute approximate surface area is 145 Å². The summed E-state index contributed by atoms with van der Waals surface area (Å²) in [7, 11) is 0. The molecule has 2 aromatic rings. The number of rotatable bonds is 6. The first-order chi connectivity index (χ1) is 11.3. The summed E-state index contributed by atoms with van der Waals surface area (Å²) in [4.78, 5) is 26.8. The number of amides is 1. The number of nitro groups is 1. The molecule has 0 aliphatic carbocycles. The number of non-ortho nitro benzene ring substituents is 1. The molecule has 1 N–H and O–H groups in total. The van der Waals surface area contributed by atoms with Crippen molar-refractivity contribution in [2.75, 3.05) is 0 Å². The van der Waals surface area contributed by atoms with Crippen LogP contribution < -0.4 is 5.32 Å². The molecule has 24 heavy (non-hydrogen) atoms. The third-order valence-corrected chi connectivity index (χ3v) is 4.74. The molecule has 7 heteroatoms. The van der Waals surface area contributed by atoms with Gasteiger partial charge in [-0.15, -0.1) is 11.3 Å². The van der Waals surface area contributed by atoms with Crippen LogP contribution in [0.1, 0.15) is 43.5 Å². The van der Waals surface area contributed by atoms with Crippen molar-refractivity contribution in [2.45, 2.75) is 45.6 Å². The topological polar surface area (TPSA) is 85.1 Å². The second kappa shape index (κ2) is 7.53. The van der Waals surface area contributed by atoms with Crippen LogP contribution in [-0.2, 0) is 23.2 Å². The van der Waals surface area contributed by atoms with E-state index in [4.69, 9.17) is 0 Å². The van der Waals surface area contributed by atoms with Crippen LogP contribution >= 0.6 is 11.3 Å². The number of thiazole rings is 1. The first kappa shape index (κ1) is 18.1. The number of carbonyl (C=O) groups is 1. The van der Waals surface area contributed by atoms with Gasteiger partial charge in [-0.1, -0.05) is 32.9 Å². The Morgan fingerprint density at radius 2 is 2.12 bits per heavy atom. The van der Waals surface area contributed by atoms with Crippen molar-refractivity contribution >= 4 is 22.9 Å². The molecule has 2 rings (SSSR count). The Balaban J connectivity index is 1.82. The van der Waals surface area contributed by atoms with E-state index in [9.17, 15) is 14.9 Å².